The van der Waals surface area contributed by atoms with Gasteiger partial charge < -0.3 is 15.0 Å². The van der Waals surface area contributed by atoms with E-state index < -0.39 is 5.60 Å². The van der Waals surface area contributed by atoms with Crippen molar-refractivity contribution in [2.75, 3.05) is 32.7 Å². The number of ether oxygens (including phenoxy) is 1. The Morgan fingerprint density at radius 2 is 1.85 bits per heavy atom. The Bertz CT molecular complexity index is 335. The van der Waals surface area contributed by atoms with Gasteiger partial charge in [0, 0.05) is 31.7 Å². The van der Waals surface area contributed by atoms with Crippen molar-refractivity contribution >= 4 is 6.09 Å². The van der Waals surface area contributed by atoms with Gasteiger partial charge in [-0.05, 0) is 53.6 Å². The van der Waals surface area contributed by atoms with Gasteiger partial charge in [0.2, 0.25) is 0 Å². The summed E-state index contributed by atoms with van der Waals surface area (Å²) in [5, 5.41) is 3.41. The van der Waals surface area contributed by atoms with Crippen LogP contribution in [0.4, 0.5) is 4.79 Å². The molecule has 0 spiro atoms. The van der Waals surface area contributed by atoms with Crippen molar-refractivity contribution in [3.63, 3.8) is 0 Å². The van der Waals surface area contributed by atoms with Crippen LogP contribution in [-0.2, 0) is 4.74 Å². The van der Waals surface area contributed by atoms with Gasteiger partial charge in [-0.25, -0.2) is 4.79 Å². The molecule has 1 N–H and O–H groups in total. The normalized spacial score (nSPS) is 26.6. The molecule has 0 saturated carbocycles. The fraction of sp³-hybridized carbons (Fsp3) is 0.933. The maximum absolute atomic E-state index is 12.2. The minimum absolute atomic E-state index is 0.171. The van der Waals surface area contributed by atoms with Gasteiger partial charge in [0.05, 0.1) is 0 Å². The van der Waals surface area contributed by atoms with Crippen molar-refractivity contribution in [3.8, 4) is 0 Å². The van der Waals surface area contributed by atoms with Crippen LogP contribution in [0.1, 0.15) is 40.5 Å². The molecule has 0 unspecified atom stereocenters. The topological polar surface area (TPSA) is 44.8 Å². The van der Waals surface area contributed by atoms with Crippen molar-refractivity contribution in [3.05, 3.63) is 0 Å². The first-order valence-electron chi connectivity index (χ1n) is 7.81. The third-order valence-corrected chi connectivity index (χ3v) is 4.11. The van der Waals surface area contributed by atoms with E-state index in [-0.39, 0.29) is 12.1 Å². The molecule has 2 saturated heterocycles. The molecule has 1 atom stereocenters. The Kier molecular flexibility index (Phi) is 4.91. The molecule has 0 aromatic carbocycles. The largest absolute Gasteiger partial charge is 0.444 e. The van der Waals surface area contributed by atoms with E-state index in [1.54, 1.807) is 0 Å². The van der Waals surface area contributed by atoms with Crippen LogP contribution in [-0.4, -0.2) is 66.3 Å². The Labute approximate surface area is 122 Å². The highest BCUT2D eigenvalue weighted by Gasteiger charge is 2.33. The molecule has 1 amide bonds. The molecule has 2 fully saturated rings. The fourth-order valence-corrected chi connectivity index (χ4v) is 3.08. The summed E-state index contributed by atoms with van der Waals surface area (Å²) in [6.45, 7) is 12.8. The zero-order chi connectivity index (χ0) is 14.8. The zero-order valence-corrected chi connectivity index (χ0v) is 13.3. The molecule has 0 bridgehead atoms. The summed E-state index contributed by atoms with van der Waals surface area (Å²) < 4.78 is 5.49. The Balaban J connectivity index is 1.87. The number of hydrogen-bond donors (Lipinski definition) is 1. The quantitative estimate of drug-likeness (QED) is 0.795. The predicted molar refractivity (Wildman–Crippen MR) is 79.9 cm³/mol. The number of piperidine rings is 1. The minimum atomic E-state index is -0.414. The summed E-state index contributed by atoms with van der Waals surface area (Å²) in [6, 6.07) is 0.910. The molecule has 2 aliphatic heterocycles. The Morgan fingerprint density at radius 1 is 1.20 bits per heavy atom. The monoisotopic (exact) mass is 283 g/mol. The maximum Gasteiger partial charge on any atom is 0.410 e. The lowest BCUT2D eigenvalue weighted by Gasteiger charge is -2.44. The molecule has 2 rings (SSSR count). The highest BCUT2D eigenvalue weighted by molar-refractivity contribution is 5.68. The van der Waals surface area contributed by atoms with Crippen LogP contribution in [0.2, 0.25) is 0 Å². The summed E-state index contributed by atoms with van der Waals surface area (Å²) in [6.07, 6.45) is 2.27. The molecular formula is C15H29N3O2. The maximum atomic E-state index is 12.2. The molecule has 116 valence electrons. The highest BCUT2D eigenvalue weighted by atomic mass is 16.6. The van der Waals surface area contributed by atoms with Gasteiger partial charge in [0.25, 0.3) is 0 Å². The molecule has 2 heterocycles. The van der Waals surface area contributed by atoms with Crippen LogP contribution in [0.15, 0.2) is 0 Å². The second-order valence-corrected chi connectivity index (χ2v) is 7.00. The lowest BCUT2D eigenvalue weighted by Crippen LogP contribution is -2.58. The van der Waals surface area contributed by atoms with Gasteiger partial charge >= 0.3 is 6.09 Å². The van der Waals surface area contributed by atoms with Crippen molar-refractivity contribution in [1.82, 2.24) is 15.1 Å². The van der Waals surface area contributed by atoms with Crippen LogP contribution in [0.5, 0.6) is 0 Å². The van der Waals surface area contributed by atoms with Crippen molar-refractivity contribution < 1.29 is 9.53 Å². The van der Waals surface area contributed by atoms with Crippen molar-refractivity contribution in [2.45, 2.75) is 58.2 Å². The third-order valence-electron chi connectivity index (χ3n) is 4.11. The summed E-state index contributed by atoms with van der Waals surface area (Å²) in [5.41, 5.74) is -0.414. The van der Waals surface area contributed by atoms with Crippen molar-refractivity contribution in [2.24, 2.45) is 0 Å². The minimum Gasteiger partial charge on any atom is -0.444 e. The summed E-state index contributed by atoms with van der Waals surface area (Å²) in [7, 11) is 0. The number of carbonyl (C=O) groups is 1. The van der Waals surface area contributed by atoms with Gasteiger partial charge in [0.15, 0.2) is 0 Å². The second-order valence-electron chi connectivity index (χ2n) is 7.00. The van der Waals surface area contributed by atoms with Gasteiger partial charge in [-0.15, -0.1) is 0 Å². The van der Waals surface area contributed by atoms with Gasteiger partial charge in [-0.3, -0.25) is 4.90 Å². The smallest absolute Gasteiger partial charge is 0.410 e. The van der Waals surface area contributed by atoms with E-state index in [0.29, 0.717) is 6.04 Å². The number of rotatable bonds is 1. The lowest BCUT2D eigenvalue weighted by atomic mass is 10.0. The average molecular weight is 283 g/mol. The van der Waals surface area contributed by atoms with Crippen LogP contribution >= 0.6 is 0 Å². The van der Waals surface area contributed by atoms with E-state index in [2.05, 4.69) is 17.1 Å². The lowest BCUT2D eigenvalue weighted by molar-refractivity contribution is -0.00654. The molecule has 0 aromatic heterocycles. The van der Waals surface area contributed by atoms with E-state index in [1.165, 1.54) is 12.8 Å². The van der Waals surface area contributed by atoms with E-state index in [1.807, 2.05) is 25.7 Å². The van der Waals surface area contributed by atoms with Gasteiger partial charge in [-0.2, -0.15) is 0 Å². The van der Waals surface area contributed by atoms with Crippen LogP contribution < -0.4 is 5.32 Å². The molecular weight excluding hydrogens is 254 g/mol. The number of carbonyl (C=O) groups excluding carboxylic acids is 1. The van der Waals surface area contributed by atoms with E-state index in [0.717, 1.165) is 32.7 Å². The van der Waals surface area contributed by atoms with Gasteiger partial charge in [0.1, 0.15) is 5.60 Å². The molecule has 0 aliphatic carbocycles. The number of piperazine rings is 1. The zero-order valence-electron chi connectivity index (χ0n) is 13.3. The van der Waals surface area contributed by atoms with Crippen LogP contribution in [0.25, 0.3) is 0 Å². The molecule has 5 heteroatoms. The average Bonchev–Trinajstić information content (AvgIpc) is 2.37. The third kappa shape index (κ3) is 4.09. The predicted octanol–water partition coefficient (Wildman–Crippen LogP) is 1.68. The summed E-state index contributed by atoms with van der Waals surface area (Å²) >= 11 is 0. The van der Waals surface area contributed by atoms with E-state index >= 15 is 0 Å². The van der Waals surface area contributed by atoms with Crippen LogP contribution in [0, 0.1) is 0 Å². The van der Waals surface area contributed by atoms with E-state index in [4.69, 9.17) is 4.74 Å². The molecule has 0 aromatic rings. The molecule has 20 heavy (non-hydrogen) atoms. The first-order chi connectivity index (χ1) is 9.37. The fourth-order valence-electron chi connectivity index (χ4n) is 3.08. The van der Waals surface area contributed by atoms with Crippen molar-refractivity contribution in [1.29, 1.82) is 0 Å². The number of nitrogens with one attached hydrogen (secondary N) is 1. The SMILES string of the molecule is C[C@@H]1CN(C2CCNCC2)CCN1C(=O)OC(C)(C)C. The number of amides is 1. The first kappa shape index (κ1) is 15.6. The summed E-state index contributed by atoms with van der Waals surface area (Å²) in [4.78, 5) is 16.6. The highest BCUT2D eigenvalue weighted by Crippen LogP contribution is 2.20. The number of hydrogen-bond acceptors (Lipinski definition) is 4. The van der Waals surface area contributed by atoms with Gasteiger partial charge in [-0.1, -0.05) is 0 Å². The first-order valence-corrected chi connectivity index (χ1v) is 7.81. The number of nitrogens with zero attached hydrogens (tertiary/aromatic N) is 2. The second kappa shape index (κ2) is 6.31. The standard InChI is InChI=1S/C15H29N3O2/c1-12-11-17(13-5-7-16-8-6-13)9-10-18(12)14(19)20-15(2,3)4/h12-13,16H,5-11H2,1-4H3/t12-/m1/s1. The molecule has 0 radical (unpaired) electrons. The Hall–Kier alpha value is -0.810. The molecule has 2 aliphatic rings. The molecule has 5 nitrogen and oxygen atoms in total. The Morgan fingerprint density at radius 3 is 2.40 bits per heavy atom. The van der Waals surface area contributed by atoms with Crippen LogP contribution in [0.3, 0.4) is 0 Å². The van der Waals surface area contributed by atoms with E-state index in [9.17, 15) is 4.79 Å². The summed E-state index contributed by atoms with van der Waals surface area (Å²) in [5.74, 6) is 0.